The lowest BCUT2D eigenvalue weighted by Gasteiger charge is -2.27. The average molecular weight is 349 g/mol. The first-order valence-electron chi connectivity index (χ1n) is 9.08. The number of furan rings is 1. The SMILES string of the molecule is Cc1ccc(CNC2CCc3c(ccc(=O)n3Cc3ccncc3)C2)o1. The van der Waals surface area contributed by atoms with E-state index in [1.165, 1.54) is 11.3 Å². The molecule has 0 saturated heterocycles. The van der Waals surface area contributed by atoms with E-state index in [0.29, 0.717) is 12.6 Å². The van der Waals surface area contributed by atoms with Crippen LogP contribution in [-0.2, 0) is 25.9 Å². The molecule has 0 amide bonds. The van der Waals surface area contributed by atoms with Gasteiger partial charge in [-0.05, 0) is 61.6 Å². The van der Waals surface area contributed by atoms with Gasteiger partial charge in [-0.2, -0.15) is 0 Å². The third kappa shape index (κ3) is 3.63. The van der Waals surface area contributed by atoms with Crippen LogP contribution in [-0.4, -0.2) is 15.6 Å². The van der Waals surface area contributed by atoms with Gasteiger partial charge >= 0.3 is 0 Å². The Labute approximate surface area is 152 Å². The minimum absolute atomic E-state index is 0.0676. The maximum absolute atomic E-state index is 12.4. The third-order valence-electron chi connectivity index (χ3n) is 5.04. The van der Waals surface area contributed by atoms with E-state index in [1.807, 2.05) is 41.8 Å². The van der Waals surface area contributed by atoms with Gasteiger partial charge in [-0.3, -0.25) is 9.78 Å². The van der Waals surface area contributed by atoms with Crippen molar-refractivity contribution in [2.45, 2.75) is 45.3 Å². The summed E-state index contributed by atoms with van der Waals surface area (Å²) >= 11 is 0. The first-order valence-corrected chi connectivity index (χ1v) is 9.08. The Morgan fingerprint density at radius 2 is 2.04 bits per heavy atom. The Balaban J connectivity index is 1.49. The molecule has 3 aromatic rings. The number of aryl methyl sites for hydroxylation is 1. The Morgan fingerprint density at radius 1 is 1.19 bits per heavy atom. The zero-order valence-electron chi connectivity index (χ0n) is 14.9. The first-order chi connectivity index (χ1) is 12.7. The summed E-state index contributed by atoms with van der Waals surface area (Å²) in [6, 6.07) is 12.0. The van der Waals surface area contributed by atoms with E-state index >= 15 is 0 Å². The van der Waals surface area contributed by atoms with E-state index in [2.05, 4.69) is 10.3 Å². The van der Waals surface area contributed by atoms with E-state index in [4.69, 9.17) is 4.42 Å². The minimum Gasteiger partial charge on any atom is -0.465 e. The van der Waals surface area contributed by atoms with E-state index < -0.39 is 0 Å². The fourth-order valence-corrected chi connectivity index (χ4v) is 3.67. The number of fused-ring (bicyclic) bond motifs is 1. The Morgan fingerprint density at radius 3 is 2.81 bits per heavy atom. The van der Waals surface area contributed by atoms with Gasteiger partial charge in [0.15, 0.2) is 0 Å². The van der Waals surface area contributed by atoms with Crippen molar-refractivity contribution in [2.75, 3.05) is 0 Å². The lowest BCUT2D eigenvalue weighted by molar-refractivity contribution is 0.402. The molecule has 0 aromatic carbocycles. The van der Waals surface area contributed by atoms with Crippen molar-refractivity contribution < 1.29 is 4.42 Å². The van der Waals surface area contributed by atoms with Crippen LogP contribution in [0.25, 0.3) is 0 Å². The predicted octanol–water partition coefficient (Wildman–Crippen LogP) is 2.84. The van der Waals surface area contributed by atoms with Crippen LogP contribution in [0.3, 0.4) is 0 Å². The van der Waals surface area contributed by atoms with Crippen LogP contribution in [0.1, 0.15) is 34.8 Å². The van der Waals surface area contributed by atoms with Crippen LogP contribution in [0, 0.1) is 6.92 Å². The van der Waals surface area contributed by atoms with Gasteiger partial charge in [-0.1, -0.05) is 6.07 Å². The average Bonchev–Trinajstić information content (AvgIpc) is 3.08. The molecule has 1 atom stereocenters. The molecule has 0 spiro atoms. The van der Waals surface area contributed by atoms with Gasteiger partial charge in [0.2, 0.25) is 0 Å². The second-order valence-electron chi connectivity index (χ2n) is 6.92. The van der Waals surface area contributed by atoms with Gasteiger partial charge in [0.05, 0.1) is 13.1 Å². The van der Waals surface area contributed by atoms with Crippen molar-refractivity contribution >= 4 is 0 Å². The summed E-state index contributed by atoms with van der Waals surface area (Å²) in [4.78, 5) is 16.5. The molecule has 0 saturated carbocycles. The van der Waals surface area contributed by atoms with Crippen molar-refractivity contribution in [3.05, 3.63) is 87.5 Å². The molecule has 1 aliphatic rings. The van der Waals surface area contributed by atoms with E-state index in [9.17, 15) is 4.79 Å². The summed E-state index contributed by atoms with van der Waals surface area (Å²) in [7, 11) is 0. The molecule has 3 heterocycles. The third-order valence-corrected chi connectivity index (χ3v) is 5.04. The Hall–Kier alpha value is -2.66. The van der Waals surface area contributed by atoms with Gasteiger partial charge < -0.3 is 14.3 Å². The van der Waals surface area contributed by atoms with Crippen molar-refractivity contribution in [3.63, 3.8) is 0 Å². The molecule has 1 unspecified atom stereocenters. The summed E-state index contributed by atoms with van der Waals surface area (Å²) in [5.74, 6) is 1.91. The van der Waals surface area contributed by atoms with Crippen LogP contribution in [0.4, 0.5) is 0 Å². The number of rotatable bonds is 5. The molecule has 5 heteroatoms. The summed E-state index contributed by atoms with van der Waals surface area (Å²) in [6.45, 7) is 3.31. The maximum Gasteiger partial charge on any atom is 0.251 e. The molecule has 4 rings (SSSR count). The lowest BCUT2D eigenvalue weighted by atomic mass is 9.91. The molecule has 1 N–H and O–H groups in total. The number of nitrogens with zero attached hydrogens (tertiary/aromatic N) is 2. The molecule has 26 heavy (non-hydrogen) atoms. The van der Waals surface area contributed by atoms with Crippen molar-refractivity contribution in [2.24, 2.45) is 0 Å². The van der Waals surface area contributed by atoms with Gasteiger partial charge in [0, 0.05) is 30.2 Å². The highest BCUT2D eigenvalue weighted by Gasteiger charge is 2.21. The number of hydrogen-bond donors (Lipinski definition) is 1. The van der Waals surface area contributed by atoms with Gasteiger partial charge in [-0.15, -0.1) is 0 Å². The van der Waals surface area contributed by atoms with Crippen molar-refractivity contribution in [1.29, 1.82) is 0 Å². The molecule has 0 aliphatic heterocycles. The van der Waals surface area contributed by atoms with Gasteiger partial charge in [0.25, 0.3) is 5.56 Å². The lowest BCUT2D eigenvalue weighted by Crippen LogP contribution is -2.37. The highest BCUT2D eigenvalue weighted by molar-refractivity contribution is 5.27. The van der Waals surface area contributed by atoms with E-state index in [0.717, 1.165) is 42.9 Å². The molecule has 0 bridgehead atoms. The largest absolute Gasteiger partial charge is 0.465 e. The number of nitrogens with one attached hydrogen (secondary N) is 1. The number of pyridine rings is 2. The number of hydrogen-bond acceptors (Lipinski definition) is 4. The summed E-state index contributed by atoms with van der Waals surface area (Å²) < 4.78 is 7.55. The molecular formula is C21H23N3O2. The molecule has 134 valence electrons. The summed E-state index contributed by atoms with van der Waals surface area (Å²) in [5.41, 5.74) is 3.60. The molecular weight excluding hydrogens is 326 g/mol. The molecule has 1 aliphatic carbocycles. The Kier molecular flexibility index (Phi) is 4.71. The minimum atomic E-state index is 0.0676. The zero-order chi connectivity index (χ0) is 17.9. The first kappa shape index (κ1) is 16.8. The summed E-state index contributed by atoms with van der Waals surface area (Å²) in [5, 5.41) is 3.59. The molecule has 0 fully saturated rings. The van der Waals surface area contributed by atoms with Crippen molar-refractivity contribution in [3.8, 4) is 0 Å². The van der Waals surface area contributed by atoms with Crippen molar-refractivity contribution in [1.82, 2.24) is 14.9 Å². The molecule has 5 nitrogen and oxygen atoms in total. The highest BCUT2D eigenvalue weighted by Crippen LogP contribution is 2.21. The smallest absolute Gasteiger partial charge is 0.251 e. The fraction of sp³-hybridized carbons (Fsp3) is 0.333. The van der Waals surface area contributed by atoms with E-state index in [1.54, 1.807) is 18.5 Å². The number of aromatic nitrogens is 2. The predicted molar refractivity (Wildman–Crippen MR) is 100 cm³/mol. The quantitative estimate of drug-likeness (QED) is 0.769. The highest BCUT2D eigenvalue weighted by atomic mass is 16.3. The van der Waals surface area contributed by atoms with Crippen LogP contribution >= 0.6 is 0 Å². The second kappa shape index (κ2) is 7.30. The van der Waals surface area contributed by atoms with Crippen LogP contribution in [0.15, 0.2) is 58.0 Å². The van der Waals surface area contributed by atoms with E-state index in [-0.39, 0.29) is 5.56 Å². The van der Waals surface area contributed by atoms with Crippen LogP contribution in [0.2, 0.25) is 0 Å². The molecule has 0 radical (unpaired) electrons. The summed E-state index contributed by atoms with van der Waals surface area (Å²) in [6.07, 6.45) is 6.40. The van der Waals surface area contributed by atoms with Crippen LogP contribution in [0.5, 0.6) is 0 Å². The standard InChI is InChI=1S/C21H23N3O2/c1-15-2-5-19(26-15)13-23-18-4-6-20-17(12-18)3-7-21(25)24(20)14-16-8-10-22-11-9-16/h2-3,5,7-11,18,23H,4,6,12-14H2,1H3. The monoisotopic (exact) mass is 349 g/mol. The van der Waals surface area contributed by atoms with Gasteiger partial charge in [-0.25, -0.2) is 0 Å². The zero-order valence-corrected chi connectivity index (χ0v) is 14.9. The fourth-order valence-electron chi connectivity index (χ4n) is 3.67. The topological polar surface area (TPSA) is 60.1 Å². The van der Waals surface area contributed by atoms with Gasteiger partial charge in [0.1, 0.15) is 11.5 Å². The Bertz CT molecular complexity index is 943. The normalized spacial score (nSPS) is 16.4. The van der Waals surface area contributed by atoms with Crippen LogP contribution < -0.4 is 10.9 Å². The molecule has 3 aromatic heterocycles. The maximum atomic E-state index is 12.4. The second-order valence-corrected chi connectivity index (χ2v) is 6.92.